The van der Waals surface area contributed by atoms with Crippen LogP contribution in [0.2, 0.25) is 0 Å². The normalized spacial score (nSPS) is 15.7. The lowest BCUT2D eigenvalue weighted by Crippen LogP contribution is -1.97. The Hall–Kier alpha value is -0.610. The maximum atomic E-state index is 2.29. The second-order valence-electron chi connectivity index (χ2n) is 2.49. The smallest absolute Gasteiger partial charge is 0.0133 e. The Balaban J connectivity index is 2.39. The zero-order valence-corrected chi connectivity index (χ0v) is 6.81. The van der Waals surface area contributed by atoms with E-state index in [1.807, 2.05) is 0 Å². The summed E-state index contributed by atoms with van der Waals surface area (Å²) in [5.41, 5.74) is 1.43. The first-order chi connectivity index (χ1) is 4.88. The fourth-order valence-electron chi connectivity index (χ4n) is 1.05. The lowest BCUT2D eigenvalue weighted by atomic mass is 10.2. The minimum absolute atomic E-state index is 0.0836. The first-order valence-electron chi connectivity index (χ1n) is 3.40. The number of hydrogen-bond acceptors (Lipinski definition) is 0. The third-order valence-electron chi connectivity index (χ3n) is 1.69. The van der Waals surface area contributed by atoms with E-state index in [1.165, 1.54) is 10.9 Å². The average Bonchev–Trinajstić information content (AvgIpc) is 2.71. The molecule has 10 heavy (non-hydrogen) atoms. The monoisotopic (exact) mass is 148 g/mol. The molecule has 0 aliphatic carbocycles. The summed E-state index contributed by atoms with van der Waals surface area (Å²) in [4.78, 5) is 0. The molecule has 0 amide bonds. The number of benzene rings is 1. The molecule has 50 valence electrons. The zero-order valence-electron chi connectivity index (χ0n) is 5.91. The standard InChI is InChI=1S/C9H9P/c1-8-4-2-3-5-9(8)10-6-7-10/h2-7H,1H3. The average molecular weight is 148 g/mol. The summed E-state index contributed by atoms with van der Waals surface area (Å²) in [5.74, 6) is 4.58. The van der Waals surface area contributed by atoms with E-state index in [-0.39, 0.29) is 7.92 Å². The molecule has 0 nitrogen and oxygen atoms in total. The molecule has 1 aromatic rings. The Kier molecular flexibility index (Phi) is 1.35. The van der Waals surface area contributed by atoms with Gasteiger partial charge in [0.1, 0.15) is 0 Å². The topological polar surface area (TPSA) is 0 Å². The second-order valence-corrected chi connectivity index (χ2v) is 4.38. The van der Waals surface area contributed by atoms with Crippen LogP contribution in [0.3, 0.4) is 0 Å². The summed E-state index contributed by atoms with van der Waals surface area (Å²) in [6.45, 7) is 2.18. The number of rotatable bonds is 1. The fraction of sp³-hybridized carbons (Fsp3) is 0.111. The Morgan fingerprint density at radius 1 is 1.10 bits per heavy atom. The molecule has 1 heteroatoms. The highest BCUT2D eigenvalue weighted by atomic mass is 31.1. The van der Waals surface area contributed by atoms with Crippen molar-refractivity contribution in [2.45, 2.75) is 6.92 Å². The van der Waals surface area contributed by atoms with E-state index in [1.54, 1.807) is 0 Å². The summed E-state index contributed by atoms with van der Waals surface area (Å²) >= 11 is 0. The molecule has 2 rings (SSSR count). The first kappa shape index (κ1) is 6.12. The van der Waals surface area contributed by atoms with Crippen molar-refractivity contribution < 1.29 is 0 Å². The van der Waals surface area contributed by atoms with Crippen LogP contribution in [0.1, 0.15) is 5.56 Å². The van der Waals surface area contributed by atoms with Gasteiger partial charge in [0.05, 0.1) is 0 Å². The summed E-state index contributed by atoms with van der Waals surface area (Å²) in [6, 6.07) is 8.61. The minimum atomic E-state index is 0.0836. The van der Waals surface area contributed by atoms with Gasteiger partial charge >= 0.3 is 0 Å². The van der Waals surface area contributed by atoms with Gasteiger partial charge in [-0.15, -0.1) is 0 Å². The highest BCUT2D eigenvalue weighted by Crippen LogP contribution is 2.51. The van der Waals surface area contributed by atoms with Gasteiger partial charge in [-0.1, -0.05) is 35.9 Å². The van der Waals surface area contributed by atoms with Gasteiger partial charge in [0.25, 0.3) is 0 Å². The predicted octanol–water partition coefficient (Wildman–Crippen LogP) is 2.59. The van der Waals surface area contributed by atoms with Crippen molar-refractivity contribution in [3.63, 3.8) is 0 Å². The van der Waals surface area contributed by atoms with Crippen molar-refractivity contribution in [2.24, 2.45) is 0 Å². The largest absolute Gasteiger partial charge is 0.0620 e. The molecule has 0 saturated heterocycles. The molecule has 0 atom stereocenters. The maximum Gasteiger partial charge on any atom is -0.0133 e. The van der Waals surface area contributed by atoms with Crippen molar-refractivity contribution >= 4 is 13.2 Å². The van der Waals surface area contributed by atoms with Gasteiger partial charge in [0, 0.05) is 0 Å². The van der Waals surface area contributed by atoms with Crippen LogP contribution in [-0.2, 0) is 0 Å². The van der Waals surface area contributed by atoms with E-state index < -0.39 is 0 Å². The van der Waals surface area contributed by atoms with Gasteiger partial charge in [-0.2, -0.15) is 0 Å². The Morgan fingerprint density at radius 2 is 1.80 bits per heavy atom. The Morgan fingerprint density at radius 3 is 2.40 bits per heavy atom. The van der Waals surface area contributed by atoms with E-state index in [0.717, 1.165) is 0 Å². The molecule has 0 spiro atoms. The minimum Gasteiger partial charge on any atom is -0.0620 e. The van der Waals surface area contributed by atoms with E-state index in [0.29, 0.717) is 0 Å². The SMILES string of the molecule is Cc1ccccc1P1C=C1. The Bertz CT molecular complexity index is 270. The molecule has 1 heterocycles. The summed E-state index contributed by atoms with van der Waals surface area (Å²) in [7, 11) is 0.0836. The van der Waals surface area contributed by atoms with Gasteiger partial charge in [0.15, 0.2) is 0 Å². The Labute approximate surface area is 62.3 Å². The van der Waals surface area contributed by atoms with Gasteiger partial charge in [-0.05, 0) is 25.7 Å². The van der Waals surface area contributed by atoms with Crippen molar-refractivity contribution in [3.05, 3.63) is 41.5 Å². The molecule has 0 N–H and O–H groups in total. The van der Waals surface area contributed by atoms with Gasteiger partial charge < -0.3 is 0 Å². The highest BCUT2D eigenvalue weighted by molar-refractivity contribution is 7.78. The third kappa shape index (κ3) is 0.998. The van der Waals surface area contributed by atoms with E-state index >= 15 is 0 Å². The molecule has 1 aliphatic rings. The summed E-state index contributed by atoms with van der Waals surface area (Å²) in [5, 5.41) is 1.53. The third-order valence-corrected chi connectivity index (χ3v) is 3.35. The lowest BCUT2D eigenvalue weighted by Gasteiger charge is -2.01. The zero-order chi connectivity index (χ0) is 6.97. The molecular formula is C9H9P. The van der Waals surface area contributed by atoms with Crippen LogP contribution >= 0.6 is 7.92 Å². The van der Waals surface area contributed by atoms with Crippen LogP contribution in [0.15, 0.2) is 35.9 Å². The van der Waals surface area contributed by atoms with Crippen LogP contribution in [-0.4, -0.2) is 0 Å². The van der Waals surface area contributed by atoms with Crippen LogP contribution < -0.4 is 5.30 Å². The number of hydrogen-bond donors (Lipinski definition) is 0. The van der Waals surface area contributed by atoms with Gasteiger partial charge in [0.2, 0.25) is 0 Å². The van der Waals surface area contributed by atoms with Crippen molar-refractivity contribution in [1.82, 2.24) is 0 Å². The van der Waals surface area contributed by atoms with E-state index in [9.17, 15) is 0 Å². The van der Waals surface area contributed by atoms with Crippen LogP contribution in [0.4, 0.5) is 0 Å². The summed E-state index contributed by atoms with van der Waals surface area (Å²) < 4.78 is 0. The predicted molar refractivity (Wildman–Crippen MR) is 46.9 cm³/mol. The quantitative estimate of drug-likeness (QED) is 0.537. The maximum absolute atomic E-state index is 2.29. The molecule has 0 radical (unpaired) electrons. The van der Waals surface area contributed by atoms with Gasteiger partial charge in [-0.25, -0.2) is 0 Å². The molecule has 1 aliphatic heterocycles. The molecule has 1 aromatic carbocycles. The van der Waals surface area contributed by atoms with Crippen molar-refractivity contribution in [2.75, 3.05) is 0 Å². The number of aryl methyl sites for hydroxylation is 1. The molecule has 0 unspecified atom stereocenters. The molecule has 0 aromatic heterocycles. The van der Waals surface area contributed by atoms with Crippen molar-refractivity contribution in [3.8, 4) is 0 Å². The molecule has 0 fully saturated rings. The highest BCUT2D eigenvalue weighted by Gasteiger charge is 2.13. The fourth-order valence-corrected chi connectivity index (χ4v) is 2.37. The van der Waals surface area contributed by atoms with Crippen LogP contribution in [0, 0.1) is 6.92 Å². The lowest BCUT2D eigenvalue weighted by molar-refractivity contribution is 1.52. The second kappa shape index (κ2) is 2.21. The van der Waals surface area contributed by atoms with Crippen molar-refractivity contribution in [1.29, 1.82) is 0 Å². The summed E-state index contributed by atoms with van der Waals surface area (Å²) in [6.07, 6.45) is 0. The van der Waals surface area contributed by atoms with Gasteiger partial charge in [-0.3, -0.25) is 0 Å². The molecule has 0 bridgehead atoms. The molecular weight excluding hydrogens is 139 g/mol. The van der Waals surface area contributed by atoms with Crippen LogP contribution in [0.25, 0.3) is 0 Å². The van der Waals surface area contributed by atoms with E-state index in [2.05, 4.69) is 42.8 Å². The molecule has 0 saturated carbocycles. The van der Waals surface area contributed by atoms with Crippen LogP contribution in [0.5, 0.6) is 0 Å². The van der Waals surface area contributed by atoms with E-state index in [4.69, 9.17) is 0 Å². The first-order valence-corrected chi connectivity index (χ1v) is 4.88.